The Morgan fingerprint density at radius 3 is 2.64 bits per heavy atom. The van der Waals surface area contributed by atoms with Crippen molar-refractivity contribution in [2.24, 2.45) is 0 Å². The van der Waals surface area contributed by atoms with Gasteiger partial charge in [-0.15, -0.1) is 0 Å². The first-order chi connectivity index (χ1) is 10.5. The maximum atomic E-state index is 13.2. The van der Waals surface area contributed by atoms with Crippen LogP contribution >= 0.6 is 11.6 Å². The summed E-state index contributed by atoms with van der Waals surface area (Å²) in [5.74, 6) is -0.601. The molecule has 0 aromatic heterocycles. The van der Waals surface area contributed by atoms with Crippen molar-refractivity contribution in [1.29, 1.82) is 0 Å². The number of methoxy groups -OCH3 is 1. The van der Waals surface area contributed by atoms with Crippen LogP contribution in [0.2, 0.25) is 5.02 Å². The minimum Gasteiger partial charge on any atom is -0.495 e. The molecule has 0 saturated carbocycles. The zero-order valence-corrected chi connectivity index (χ0v) is 12.6. The molecule has 1 unspecified atom stereocenters. The van der Waals surface area contributed by atoms with E-state index >= 15 is 0 Å². The summed E-state index contributed by atoms with van der Waals surface area (Å²) in [5, 5.41) is 13.1. The first-order valence-corrected chi connectivity index (χ1v) is 6.94. The highest BCUT2D eigenvalue weighted by Crippen LogP contribution is 2.26. The van der Waals surface area contributed by atoms with Crippen molar-refractivity contribution in [3.05, 3.63) is 58.9 Å². The highest BCUT2D eigenvalue weighted by molar-refractivity contribution is 6.30. The number of anilines is 1. The smallest absolute Gasteiger partial charge is 0.227 e. The average molecular weight is 324 g/mol. The number of rotatable bonds is 5. The van der Waals surface area contributed by atoms with E-state index in [-0.39, 0.29) is 12.1 Å². The molecule has 2 aromatic rings. The Kier molecular flexibility index (Phi) is 5.35. The molecular weight excluding hydrogens is 309 g/mol. The Balaban J connectivity index is 2.03. The van der Waals surface area contributed by atoms with Gasteiger partial charge in [0, 0.05) is 11.1 Å². The molecular formula is C16H15ClFNO3. The summed E-state index contributed by atoms with van der Waals surface area (Å²) >= 11 is 5.77. The maximum absolute atomic E-state index is 13.2. The molecule has 6 heteroatoms. The highest BCUT2D eigenvalue weighted by atomic mass is 35.5. The van der Waals surface area contributed by atoms with Crippen LogP contribution in [-0.4, -0.2) is 18.1 Å². The first kappa shape index (κ1) is 16.3. The Labute approximate surface area is 132 Å². The van der Waals surface area contributed by atoms with Gasteiger partial charge in [-0.3, -0.25) is 4.79 Å². The molecule has 2 N–H and O–H groups in total. The fraction of sp³-hybridized carbons (Fsp3) is 0.188. The summed E-state index contributed by atoms with van der Waals surface area (Å²) in [6.45, 7) is 0. The number of hydrogen-bond donors (Lipinski definition) is 2. The van der Waals surface area contributed by atoms with Crippen molar-refractivity contribution >= 4 is 23.2 Å². The van der Waals surface area contributed by atoms with Gasteiger partial charge in [0.1, 0.15) is 11.6 Å². The standard InChI is InChI=1S/C16H15ClFNO3/c1-22-15-7-6-12(18)8-13(15)19-16(21)9-14(20)10-2-4-11(17)5-3-10/h2-8,14,20H,9H2,1H3,(H,19,21). The third-order valence-electron chi connectivity index (χ3n) is 3.07. The molecule has 0 aliphatic carbocycles. The van der Waals surface area contributed by atoms with Crippen molar-refractivity contribution < 1.29 is 19.0 Å². The zero-order valence-electron chi connectivity index (χ0n) is 11.8. The molecule has 1 atom stereocenters. The van der Waals surface area contributed by atoms with Crippen LogP contribution in [0.1, 0.15) is 18.1 Å². The average Bonchev–Trinajstić information content (AvgIpc) is 2.48. The lowest BCUT2D eigenvalue weighted by Crippen LogP contribution is -2.16. The molecule has 1 amide bonds. The van der Waals surface area contributed by atoms with Gasteiger partial charge in [-0.1, -0.05) is 23.7 Å². The van der Waals surface area contributed by atoms with Crippen LogP contribution in [-0.2, 0) is 4.79 Å². The number of carbonyl (C=O) groups excluding carboxylic acids is 1. The predicted octanol–water partition coefficient (Wildman–Crippen LogP) is 3.55. The van der Waals surface area contributed by atoms with Gasteiger partial charge >= 0.3 is 0 Å². The number of amides is 1. The van der Waals surface area contributed by atoms with Crippen LogP contribution in [0.3, 0.4) is 0 Å². The largest absolute Gasteiger partial charge is 0.495 e. The van der Waals surface area contributed by atoms with Crippen molar-refractivity contribution in [2.75, 3.05) is 12.4 Å². The van der Waals surface area contributed by atoms with E-state index in [2.05, 4.69) is 5.32 Å². The molecule has 2 rings (SSSR count). The SMILES string of the molecule is COc1ccc(F)cc1NC(=O)CC(O)c1ccc(Cl)cc1. The van der Waals surface area contributed by atoms with Crippen LogP contribution in [0.4, 0.5) is 10.1 Å². The molecule has 116 valence electrons. The van der Waals surface area contributed by atoms with Crippen LogP contribution in [0.15, 0.2) is 42.5 Å². The summed E-state index contributed by atoms with van der Waals surface area (Å²) in [4.78, 5) is 12.0. The second-order valence-corrected chi connectivity index (χ2v) is 5.10. The third kappa shape index (κ3) is 4.19. The van der Waals surface area contributed by atoms with Crippen molar-refractivity contribution in [2.45, 2.75) is 12.5 Å². The van der Waals surface area contributed by atoms with Gasteiger partial charge in [0.15, 0.2) is 0 Å². The molecule has 4 nitrogen and oxygen atoms in total. The summed E-state index contributed by atoms with van der Waals surface area (Å²) in [6, 6.07) is 10.4. The van der Waals surface area contributed by atoms with Crippen LogP contribution in [0, 0.1) is 5.82 Å². The van der Waals surface area contributed by atoms with Gasteiger partial charge in [-0.2, -0.15) is 0 Å². The molecule has 0 aliphatic rings. The monoisotopic (exact) mass is 323 g/mol. The van der Waals surface area contributed by atoms with Gasteiger partial charge in [0.05, 0.1) is 25.3 Å². The number of hydrogen-bond acceptors (Lipinski definition) is 3. The Morgan fingerprint density at radius 2 is 2.00 bits per heavy atom. The quantitative estimate of drug-likeness (QED) is 0.884. The van der Waals surface area contributed by atoms with E-state index in [9.17, 15) is 14.3 Å². The van der Waals surface area contributed by atoms with Gasteiger partial charge < -0.3 is 15.2 Å². The first-order valence-electron chi connectivity index (χ1n) is 6.56. The van der Waals surface area contributed by atoms with Gasteiger partial charge in [0.2, 0.25) is 5.91 Å². The fourth-order valence-corrected chi connectivity index (χ4v) is 2.08. The Bertz CT molecular complexity index is 661. The van der Waals surface area contributed by atoms with E-state index in [0.29, 0.717) is 16.3 Å². The number of ether oxygens (including phenoxy) is 1. The van der Waals surface area contributed by atoms with Crippen molar-refractivity contribution in [3.8, 4) is 5.75 Å². The topological polar surface area (TPSA) is 58.6 Å². The zero-order chi connectivity index (χ0) is 16.1. The van der Waals surface area contributed by atoms with E-state index in [1.807, 2.05) is 0 Å². The third-order valence-corrected chi connectivity index (χ3v) is 3.32. The van der Waals surface area contributed by atoms with Crippen LogP contribution in [0.5, 0.6) is 5.75 Å². The molecule has 0 fully saturated rings. The molecule has 0 bridgehead atoms. The van der Waals surface area contributed by atoms with E-state index in [0.717, 1.165) is 6.07 Å². The summed E-state index contributed by atoms with van der Waals surface area (Å²) in [6.07, 6.45) is -1.14. The number of nitrogens with one attached hydrogen (secondary N) is 1. The Hall–Kier alpha value is -2.11. The number of aliphatic hydroxyl groups excluding tert-OH is 1. The molecule has 22 heavy (non-hydrogen) atoms. The number of aliphatic hydroxyl groups is 1. The molecule has 0 saturated heterocycles. The molecule has 0 heterocycles. The fourth-order valence-electron chi connectivity index (χ4n) is 1.96. The molecule has 0 radical (unpaired) electrons. The lowest BCUT2D eigenvalue weighted by Gasteiger charge is -2.13. The lowest BCUT2D eigenvalue weighted by atomic mass is 10.1. The second-order valence-electron chi connectivity index (χ2n) is 4.66. The van der Waals surface area contributed by atoms with Crippen LogP contribution < -0.4 is 10.1 Å². The molecule has 2 aromatic carbocycles. The second kappa shape index (κ2) is 7.24. The number of benzene rings is 2. The van der Waals surface area contributed by atoms with E-state index in [4.69, 9.17) is 16.3 Å². The lowest BCUT2D eigenvalue weighted by molar-refractivity contribution is -0.118. The van der Waals surface area contributed by atoms with Gasteiger partial charge in [-0.25, -0.2) is 4.39 Å². The predicted molar refractivity (Wildman–Crippen MR) is 82.6 cm³/mol. The number of carbonyl (C=O) groups is 1. The molecule has 0 aliphatic heterocycles. The summed E-state index contributed by atoms with van der Waals surface area (Å²) in [5.41, 5.74) is 0.793. The summed E-state index contributed by atoms with van der Waals surface area (Å²) in [7, 11) is 1.42. The van der Waals surface area contributed by atoms with Gasteiger partial charge in [0.25, 0.3) is 0 Å². The normalized spacial score (nSPS) is 11.8. The van der Waals surface area contributed by atoms with Gasteiger partial charge in [-0.05, 0) is 29.8 Å². The Morgan fingerprint density at radius 1 is 1.32 bits per heavy atom. The van der Waals surface area contributed by atoms with Crippen molar-refractivity contribution in [3.63, 3.8) is 0 Å². The minimum atomic E-state index is -0.975. The minimum absolute atomic E-state index is 0.165. The number of halogens is 2. The van der Waals surface area contributed by atoms with E-state index in [1.54, 1.807) is 24.3 Å². The molecule has 0 spiro atoms. The van der Waals surface area contributed by atoms with E-state index < -0.39 is 17.8 Å². The highest BCUT2D eigenvalue weighted by Gasteiger charge is 2.15. The van der Waals surface area contributed by atoms with E-state index in [1.165, 1.54) is 19.2 Å². The summed E-state index contributed by atoms with van der Waals surface area (Å²) < 4.78 is 18.3. The maximum Gasteiger partial charge on any atom is 0.227 e. The van der Waals surface area contributed by atoms with Crippen molar-refractivity contribution in [1.82, 2.24) is 0 Å². The van der Waals surface area contributed by atoms with Crippen LogP contribution in [0.25, 0.3) is 0 Å².